The average molecular weight is 249 g/mol. The minimum atomic E-state index is -2.47. The molecular weight excluding hydrogens is 234 g/mol. The molecule has 1 saturated carbocycles. The lowest BCUT2D eigenvalue weighted by Crippen LogP contribution is -2.48. The maximum atomic E-state index is 11.6. The van der Waals surface area contributed by atoms with E-state index in [0.29, 0.717) is 23.4 Å². The summed E-state index contributed by atoms with van der Waals surface area (Å²) in [6, 6.07) is 0. The second-order valence-electron chi connectivity index (χ2n) is 4.75. The number of rotatable bonds is 3. The molecular formula is C9H15NO5S. The van der Waals surface area contributed by atoms with Gasteiger partial charge in [0.05, 0.1) is 5.54 Å². The van der Waals surface area contributed by atoms with Crippen LogP contribution in [-0.4, -0.2) is 36.6 Å². The Morgan fingerprint density at radius 3 is 2.25 bits per heavy atom. The summed E-state index contributed by atoms with van der Waals surface area (Å²) in [5, 5.41) is 0. The Hall–Kier alpha value is -0.950. The van der Waals surface area contributed by atoms with Gasteiger partial charge in [0.2, 0.25) is 0 Å². The smallest absolute Gasteiger partial charge is 0.425 e. The van der Waals surface area contributed by atoms with Crippen LogP contribution in [0.25, 0.3) is 0 Å². The van der Waals surface area contributed by atoms with Gasteiger partial charge < -0.3 is 4.74 Å². The minimum absolute atomic E-state index is 0.471. The largest absolute Gasteiger partial charge is 0.434 e. The molecule has 1 fully saturated rings. The molecule has 6 nitrogen and oxygen atoms in total. The number of nitrogens with zero attached hydrogens (tertiary/aromatic N) is 1. The van der Waals surface area contributed by atoms with Gasteiger partial charge in [0, 0.05) is 0 Å². The molecule has 1 N–H and O–H groups in total. The van der Waals surface area contributed by atoms with Gasteiger partial charge in [-0.3, -0.25) is 9.35 Å². The summed E-state index contributed by atoms with van der Waals surface area (Å²) in [4.78, 5) is 22.3. The predicted molar refractivity (Wildman–Crippen MR) is 56.9 cm³/mol. The van der Waals surface area contributed by atoms with E-state index in [0.717, 1.165) is 0 Å². The fraction of sp³-hybridized carbons (Fsp3) is 0.778. The van der Waals surface area contributed by atoms with Crippen molar-refractivity contribution in [2.24, 2.45) is 0 Å². The molecule has 0 saturated heterocycles. The monoisotopic (exact) mass is 249 g/mol. The molecule has 0 spiro atoms. The van der Waals surface area contributed by atoms with E-state index in [1.165, 1.54) is 0 Å². The second kappa shape index (κ2) is 4.14. The SMILES string of the molecule is CC(C)(C)N(C(=O)OC1(C=O)CC1)S(=O)O. The van der Waals surface area contributed by atoms with E-state index in [4.69, 9.17) is 9.29 Å². The molecule has 1 unspecified atom stereocenters. The van der Waals surface area contributed by atoms with E-state index in [9.17, 15) is 13.8 Å². The van der Waals surface area contributed by atoms with Crippen molar-refractivity contribution in [3.8, 4) is 0 Å². The summed E-state index contributed by atoms with van der Waals surface area (Å²) < 4.78 is 25.7. The van der Waals surface area contributed by atoms with E-state index < -0.39 is 28.5 Å². The van der Waals surface area contributed by atoms with Crippen molar-refractivity contribution in [2.75, 3.05) is 0 Å². The zero-order valence-electron chi connectivity index (χ0n) is 9.43. The number of ether oxygens (including phenoxy) is 1. The zero-order valence-corrected chi connectivity index (χ0v) is 10.2. The van der Waals surface area contributed by atoms with Crippen LogP contribution in [-0.2, 0) is 20.8 Å². The Morgan fingerprint density at radius 1 is 1.50 bits per heavy atom. The van der Waals surface area contributed by atoms with E-state index in [2.05, 4.69) is 0 Å². The Kier molecular flexibility index (Phi) is 3.39. The Labute approximate surface area is 96.4 Å². The Morgan fingerprint density at radius 2 is 2.00 bits per heavy atom. The number of aldehydes is 1. The molecule has 0 heterocycles. The number of carbonyl (C=O) groups excluding carboxylic acids is 2. The summed E-state index contributed by atoms with van der Waals surface area (Å²) in [7, 11) is 0. The summed E-state index contributed by atoms with van der Waals surface area (Å²) in [6.07, 6.45) is 0.556. The molecule has 1 aliphatic rings. The third-order valence-electron chi connectivity index (χ3n) is 2.18. The Balaban J connectivity index is 2.77. The number of hydrogen-bond acceptors (Lipinski definition) is 4. The fourth-order valence-electron chi connectivity index (χ4n) is 1.15. The highest BCUT2D eigenvalue weighted by molar-refractivity contribution is 7.77. The summed E-state index contributed by atoms with van der Waals surface area (Å²) in [5.41, 5.74) is -1.92. The molecule has 0 bridgehead atoms. The molecule has 1 amide bonds. The summed E-state index contributed by atoms with van der Waals surface area (Å²) >= 11 is -2.47. The lowest BCUT2D eigenvalue weighted by Gasteiger charge is -2.31. The molecule has 92 valence electrons. The quantitative estimate of drug-likeness (QED) is 0.598. The van der Waals surface area contributed by atoms with Crippen LogP contribution in [0.4, 0.5) is 4.79 Å². The topological polar surface area (TPSA) is 83.9 Å². The first kappa shape index (κ1) is 13.1. The molecule has 1 atom stereocenters. The molecule has 7 heteroatoms. The van der Waals surface area contributed by atoms with Gasteiger partial charge in [-0.2, -0.15) is 4.31 Å². The van der Waals surface area contributed by atoms with Crippen LogP contribution in [0.5, 0.6) is 0 Å². The van der Waals surface area contributed by atoms with Crippen LogP contribution < -0.4 is 0 Å². The van der Waals surface area contributed by atoms with Crippen LogP contribution >= 0.6 is 0 Å². The van der Waals surface area contributed by atoms with Gasteiger partial charge in [-0.1, -0.05) is 0 Å². The lowest BCUT2D eigenvalue weighted by atomic mass is 10.1. The van der Waals surface area contributed by atoms with Gasteiger partial charge in [-0.25, -0.2) is 9.00 Å². The standard InChI is InChI=1S/C9H15NO5S/c1-8(2,3)10(16(13)14)7(12)15-9(6-11)4-5-9/h6H,4-5H2,1-3H3,(H,13,14). The Bertz CT molecular complexity index is 331. The highest BCUT2D eigenvalue weighted by Crippen LogP contribution is 2.38. The van der Waals surface area contributed by atoms with Gasteiger partial charge in [0.1, 0.15) is 0 Å². The van der Waals surface area contributed by atoms with E-state index >= 15 is 0 Å². The van der Waals surface area contributed by atoms with Crippen LogP contribution in [0, 0.1) is 0 Å². The molecule has 0 radical (unpaired) electrons. The average Bonchev–Trinajstić information content (AvgIpc) is 2.81. The van der Waals surface area contributed by atoms with Crippen molar-refractivity contribution in [1.29, 1.82) is 0 Å². The predicted octanol–water partition coefficient (Wildman–Crippen LogP) is 1.09. The third kappa shape index (κ3) is 2.79. The first-order chi connectivity index (χ1) is 7.22. The van der Waals surface area contributed by atoms with Crippen LogP contribution in [0.1, 0.15) is 33.6 Å². The van der Waals surface area contributed by atoms with Gasteiger partial charge in [-0.05, 0) is 33.6 Å². The molecule has 1 aliphatic carbocycles. The van der Waals surface area contributed by atoms with Crippen LogP contribution in [0.15, 0.2) is 0 Å². The number of carbonyl (C=O) groups is 2. The highest BCUT2D eigenvalue weighted by atomic mass is 32.2. The number of hydrogen-bond donors (Lipinski definition) is 1. The van der Waals surface area contributed by atoms with Crippen molar-refractivity contribution in [3.05, 3.63) is 0 Å². The maximum absolute atomic E-state index is 11.6. The van der Waals surface area contributed by atoms with E-state index in [-0.39, 0.29) is 0 Å². The fourth-order valence-corrected chi connectivity index (χ4v) is 1.79. The second-order valence-corrected chi connectivity index (χ2v) is 5.57. The molecule has 0 aliphatic heterocycles. The lowest BCUT2D eigenvalue weighted by molar-refractivity contribution is -0.117. The van der Waals surface area contributed by atoms with Crippen molar-refractivity contribution < 1.29 is 23.1 Å². The van der Waals surface area contributed by atoms with Crippen molar-refractivity contribution >= 4 is 23.6 Å². The minimum Gasteiger partial charge on any atom is -0.434 e. The summed E-state index contributed by atoms with van der Waals surface area (Å²) in [5.74, 6) is 0. The molecule has 0 aromatic heterocycles. The third-order valence-corrected chi connectivity index (χ3v) is 3.19. The van der Waals surface area contributed by atoms with Gasteiger partial charge >= 0.3 is 6.09 Å². The first-order valence-corrected chi connectivity index (χ1v) is 5.89. The molecule has 16 heavy (non-hydrogen) atoms. The number of amides is 1. The van der Waals surface area contributed by atoms with Gasteiger partial charge in [0.15, 0.2) is 11.9 Å². The van der Waals surface area contributed by atoms with Crippen molar-refractivity contribution in [3.63, 3.8) is 0 Å². The van der Waals surface area contributed by atoms with Gasteiger partial charge in [0.25, 0.3) is 11.3 Å². The van der Waals surface area contributed by atoms with Crippen molar-refractivity contribution in [1.82, 2.24) is 4.31 Å². The van der Waals surface area contributed by atoms with Crippen LogP contribution in [0.3, 0.4) is 0 Å². The normalized spacial score (nSPS) is 19.8. The van der Waals surface area contributed by atoms with Gasteiger partial charge in [-0.15, -0.1) is 0 Å². The summed E-state index contributed by atoms with van der Waals surface area (Å²) in [6.45, 7) is 4.80. The van der Waals surface area contributed by atoms with Crippen LogP contribution in [0.2, 0.25) is 0 Å². The maximum Gasteiger partial charge on any atom is 0.425 e. The zero-order chi connectivity index (χ0) is 12.6. The van der Waals surface area contributed by atoms with E-state index in [1.807, 2.05) is 0 Å². The molecule has 1 rings (SSSR count). The first-order valence-electron chi connectivity index (χ1n) is 4.82. The molecule has 0 aromatic carbocycles. The molecule has 0 aromatic rings. The van der Waals surface area contributed by atoms with Crippen molar-refractivity contribution in [2.45, 2.75) is 44.8 Å². The van der Waals surface area contributed by atoms with E-state index in [1.54, 1.807) is 20.8 Å². The highest BCUT2D eigenvalue weighted by Gasteiger charge is 2.49.